The van der Waals surface area contributed by atoms with Crippen molar-refractivity contribution in [2.24, 2.45) is 0 Å². The molecule has 0 amide bonds. The van der Waals surface area contributed by atoms with Crippen LogP contribution < -0.4 is 15.4 Å². The summed E-state index contributed by atoms with van der Waals surface area (Å²) < 4.78 is 28.6. The molecule has 0 aromatic carbocycles. The monoisotopic (exact) mass is 315 g/mol. The molecular weight excluding hydrogens is 294 g/mol. The number of aromatic nitrogens is 3. The van der Waals surface area contributed by atoms with Crippen molar-refractivity contribution in [3.63, 3.8) is 0 Å². The van der Waals surface area contributed by atoms with Crippen LogP contribution >= 0.6 is 0 Å². The maximum absolute atomic E-state index is 11.6. The van der Waals surface area contributed by atoms with E-state index in [2.05, 4.69) is 25.6 Å². The topological polar surface area (TPSA) is 106 Å². The van der Waals surface area contributed by atoms with E-state index in [1.54, 1.807) is 0 Å². The summed E-state index contributed by atoms with van der Waals surface area (Å²) in [6.45, 7) is 6.74. The van der Waals surface area contributed by atoms with E-state index in [-0.39, 0.29) is 17.5 Å². The van der Waals surface area contributed by atoms with E-state index in [0.717, 1.165) is 0 Å². The smallest absolute Gasteiger partial charge is 0.323 e. The van der Waals surface area contributed by atoms with Crippen molar-refractivity contribution in [3.8, 4) is 6.01 Å². The lowest BCUT2D eigenvalue weighted by atomic mass is 10.0. The summed E-state index contributed by atoms with van der Waals surface area (Å²) >= 11 is 0. The molecule has 1 aliphatic rings. The highest BCUT2D eigenvalue weighted by molar-refractivity contribution is 7.91. The highest BCUT2D eigenvalue weighted by Gasteiger charge is 2.39. The third-order valence-corrected chi connectivity index (χ3v) is 5.04. The summed E-state index contributed by atoms with van der Waals surface area (Å²) in [5, 5.41) is 6.11. The van der Waals surface area contributed by atoms with Crippen LogP contribution in [0, 0.1) is 0 Å². The molecule has 2 heterocycles. The quantitative estimate of drug-likeness (QED) is 0.790. The molecule has 1 aromatic rings. The first-order chi connectivity index (χ1) is 9.86. The standard InChI is InChI=1S/C12H21N5O3S/c1-4-13-9-14-10(16-11(15-9)20-5-2)17-12(3)6-7-21(18,19)8-12/h4-8H2,1-3H3,(H2,13,14,15,16,17). The Labute approximate surface area is 124 Å². The van der Waals surface area contributed by atoms with Gasteiger partial charge in [-0.25, -0.2) is 8.42 Å². The lowest BCUT2D eigenvalue weighted by Crippen LogP contribution is -2.36. The molecule has 0 spiro atoms. The summed E-state index contributed by atoms with van der Waals surface area (Å²) in [5.41, 5.74) is -0.562. The van der Waals surface area contributed by atoms with Crippen LogP contribution in [0.1, 0.15) is 27.2 Å². The molecule has 1 unspecified atom stereocenters. The van der Waals surface area contributed by atoms with Gasteiger partial charge < -0.3 is 15.4 Å². The molecule has 21 heavy (non-hydrogen) atoms. The Morgan fingerprint density at radius 1 is 1.24 bits per heavy atom. The average Bonchev–Trinajstić information content (AvgIpc) is 2.63. The highest BCUT2D eigenvalue weighted by atomic mass is 32.2. The second kappa shape index (κ2) is 6.00. The minimum atomic E-state index is -3.00. The van der Waals surface area contributed by atoms with Crippen molar-refractivity contribution in [2.75, 3.05) is 35.3 Å². The summed E-state index contributed by atoms with van der Waals surface area (Å²) in [6, 6.07) is 0.218. The summed E-state index contributed by atoms with van der Waals surface area (Å²) in [7, 11) is -3.00. The summed E-state index contributed by atoms with van der Waals surface area (Å²) in [6.07, 6.45) is 0.529. The van der Waals surface area contributed by atoms with Crippen molar-refractivity contribution in [2.45, 2.75) is 32.7 Å². The largest absolute Gasteiger partial charge is 0.464 e. The fraction of sp³-hybridized carbons (Fsp3) is 0.750. The second-order valence-electron chi connectivity index (χ2n) is 5.26. The van der Waals surface area contributed by atoms with E-state index < -0.39 is 15.4 Å². The molecule has 2 rings (SSSR count). The molecule has 0 aliphatic carbocycles. The van der Waals surface area contributed by atoms with Crippen LogP contribution in [0.25, 0.3) is 0 Å². The molecule has 0 saturated carbocycles. The maximum Gasteiger partial charge on any atom is 0.323 e. The van der Waals surface area contributed by atoms with Crippen LogP contribution in [0.5, 0.6) is 6.01 Å². The van der Waals surface area contributed by atoms with Crippen LogP contribution in [0.4, 0.5) is 11.9 Å². The van der Waals surface area contributed by atoms with Gasteiger partial charge in [-0.2, -0.15) is 15.0 Å². The Morgan fingerprint density at radius 2 is 1.95 bits per heavy atom. The van der Waals surface area contributed by atoms with Gasteiger partial charge in [0.1, 0.15) is 0 Å². The molecule has 1 aliphatic heterocycles. The van der Waals surface area contributed by atoms with Gasteiger partial charge in [0.2, 0.25) is 11.9 Å². The number of nitrogens with zero attached hydrogens (tertiary/aromatic N) is 3. The third-order valence-electron chi connectivity index (χ3n) is 3.14. The molecule has 118 valence electrons. The predicted octanol–water partition coefficient (Wildman–Crippen LogP) is 0.691. The molecule has 8 nitrogen and oxygen atoms in total. The highest BCUT2D eigenvalue weighted by Crippen LogP contribution is 2.26. The van der Waals surface area contributed by atoms with Gasteiger partial charge in [0.15, 0.2) is 9.84 Å². The number of hydrogen-bond donors (Lipinski definition) is 2. The third kappa shape index (κ3) is 4.16. The lowest BCUT2D eigenvalue weighted by molar-refractivity contribution is 0.312. The van der Waals surface area contributed by atoms with Gasteiger partial charge in [0.25, 0.3) is 0 Å². The lowest BCUT2D eigenvalue weighted by Gasteiger charge is -2.24. The Kier molecular flexibility index (Phi) is 4.50. The zero-order valence-corrected chi connectivity index (χ0v) is 13.3. The molecule has 0 radical (unpaired) electrons. The fourth-order valence-corrected chi connectivity index (χ4v) is 4.32. The van der Waals surface area contributed by atoms with Gasteiger partial charge in [-0.1, -0.05) is 0 Å². The second-order valence-corrected chi connectivity index (χ2v) is 7.44. The van der Waals surface area contributed by atoms with Gasteiger partial charge in [0.05, 0.1) is 23.7 Å². The van der Waals surface area contributed by atoms with Crippen LogP contribution in [0.2, 0.25) is 0 Å². The number of nitrogens with one attached hydrogen (secondary N) is 2. The van der Waals surface area contributed by atoms with E-state index >= 15 is 0 Å². The average molecular weight is 315 g/mol. The molecule has 1 fully saturated rings. The van der Waals surface area contributed by atoms with Crippen molar-refractivity contribution >= 4 is 21.7 Å². The van der Waals surface area contributed by atoms with Crippen LogP contribution in [-0.2, 0) is 9.84 Å². The molecule has 0 bridgehead atoms. The number of hydrogen-bond acceptors (Lipinski definition) is 8. The first kappa shape index (κ1) is 15.7. The Hall–Kier alpha value is -1.64. The van der Waals surface area contributed by atoms with Gasteiger partial charge in [-0.3, -0.25) is 0 Å². The van der Waals surface area contributed by atoms with Gasteiger partial charge in [-0.05, 0) is 27.2 Å². The molecule has 1 saturated heterocycles. The van der Waals surface area contributed by atoms with Gasteiger partial charge in [0, 0.05) is 6.54 Å². The van der Waals surface area contributed by atoms with Crippen molar-refractivity contribution in [1.82, 2.24) is 15.0 Å². The molecular formula is C12H21N5O3S. The Morgan fingerprint density at radius 3 is 2.52 bits per heavy atom. The van der Waals surface area contributed by atoms with Gasteiger partial charge >= 0.3 is 6.01 Å². The molecule has 2 N–H and O–H groups in total. The Bertz CT molecular complexity index is 583. The van der Waals surface area contributed by atoms with E-state index in [0.29, 0.717) is 31.5 Å². The van der Waals surface area contributed by atoms with Crippen molar-refractivity contribution in [1.29, 1.82) is 0 Å². The number of ether oxygens (including phenoxy) is 1. The zero-order valence-electron chi connectivity index (χ0n) is 12.5. The predicted molar refractivity (Wildman–Crippen MR) is 80.5 cm³/mol. The molecule has 1 atom stereocenters. The fourth-order valence-electron chi connectivity index (χ4n) is 2.22. The number of sulfone groups is 1. The minimum Gasteiger partial charge on any atom is -0.464 e. The molecule has 9 heteroatoms. The van der Waals surface area contributed by atoms with E-state index in [9.17, 15) is 8.42 Å². The first-order valence-corrected chi connectivity index (χ1v) is 8.79. The summed E-state index contributed by atoms with van der Waals surface area (Å²) in [5.74, 6) is 0.985. The minimum absolute atomic E-state index is 0.0756. The van der Waals surface area contributed by atoms with Crippen molar-refractivity contribution < 1.29 is 13.2 Å². The van der Waals surface area contributed by atoms with E-state index in [1.807, 2.05) is 20.8 Å². The van der Waals surface area contributed by atoms with E-state index in [1.165, 1.54) is 0 Å². The number of anilines is 2. The normalized spacial score (nSPS) is 23.8. The van der Waals surface area contributed by atoms with Crippen LogP contribution in [0.3, 0.4) is 0 Å². The van der Waals surface area contributed by atoms with Crippen LogP contribution in [-0.4, -0.2) is 53.6 Å². The first-order valence-electron chi connectivity index (χ1n) is 6.97. The maximum atomic E-state index is 11.6. The SMILES string of the molecule is CCNc1nc(NC2(C)CCS(=O)(=O)C2)nc(OCC)n1. The van der Waals surface area contributed by atoms with Crippen LogP contribution in [0.15, 0.2) is 0 Å². The molecule has 1 aromatic heterocycles. The van der Waals surface area contributed by atoms with Gasteiger partial charge in [-0.15, -0.1) is 0 Å². The Balaban J connectivity index is 2.22. The summed E-state index contributed by atoms with van der Waals surface area (Å²) in [4.78, 5) is 12.5. The van der Waals surface area contributed by atoms with Crippen molar-refractivity contribution in [3.05, 3.63) is 0 Å². The number of rotatable bonds is 6. The van der Waals surface area contributed by atoms with E-state index in [4.69, 9.17) is 4.74 Å². The zero-order chi connectivity index (χ0) is 15.5.